The van der Waals surface area contributed by atoms with E-state index >= 15 is 0 Å². The minimum atomic E-state index is -0.250. The molecule has 3 nitrogen and oxygen atoms in total. The van der Waals surface area contributed by atoms with Crippen LogP contribution >= 0.6 is 0 Å². The van der Waals surface area contributed by atoms with Crippen LogP contribution in [0.15, 0.2) is 23.3 Å². The number of carbonyl (C=O) groups is 1. The Balaban J connectivity index is 1.83. The molecule has 0 amide bonds. The Kier molecular flexibility index (Phi) is 3.64. The molecule has 24 heavy (non-hydrogen) atoms. The Morgan fingerprint density at radius 1 is 1.25 bits per heavy atom. The van der Waals surface area contributed by atoms with Gasteiger partial charge in [-0.2, -0.15) is 0 Å². The SMILES string of the molecule is C=C1CC2(OC)CC3C(CCC4OCC43)C(=O)CC(=C1C)C2(C)C. The number of methoxy groups -OCH3 is 1. The number of hydrogen-bond acceptors (Lipinski definition) is 3. The van der Waals surface area contributed by atoms with E-state index in [-0.39, 0.29) is 16.9 Å². The minimum Gasteiger partial charge on any atom is -0.377 e. The Morgan fingerprint density at radius 3 is 2.62 bits per heavy atom. The molecular weight excluding hydrogens is 300 g/mol. The third-order valence-electron chi connectivity index (χ3n) is 7.91. The van der Waals surface area contributed by atoms with Gasteiger partial charge in [-0.25, -0.2) is 0 Å². The van der Waals surface area contributed by atoms with E-state index in [0.29, 0.717) is 30.1 Å². The van der Waals surface area contributed by atoms with E-state index in [2.05, 4.69) is 27.4 Å². The summed E-state index contributed by atoms with van der Waals surface area (Å²) in [6.45, 7) is 11.8. The smallest absolute Gasteiger partial charge is 0.140 e. The second-order valence-corrected chi connectivity index (χ2v) is 8.94. The topological polar surface area (TPSA) is 35.5 Å². The van der Waals surface area contributed by atoms with Gasteiger partial charge in [-0.15, -0.1) is 0 Å². The molecule has 1 heterocycles. The van der Waals surface area contributed by atoms with Crippen LogP contribution in [0.1, 0.15) is 52.9 Å². The van der Waals surface area contributed by atoms with E-state index < -0.39 is 0 Å². The molecule has 132 valence electrons. The summed E-state index contributed by atoms with van der Waals surface area (Å²) in [5, 5.41) is 0. The van der Waals surface area contributed by atoms with Crippen LogP contribution in [0.3, 0.4) is 0 Å². The zero-order valence-corrected chi connectivity index (χ0v) is 15.5. The van der Waals surface area contributed by atoms with Crippen LogP contribution in [0.25, 0.3) is 0 Å². The number of Topliss-reactive ketones (excluding diaryl/α,β-unsaturated/α-hetero) is 1. The summed E-state index contributed by atoms with van der Waals surface area (Å²) >= 11 is 0. The van der Waals surface area contributed by atoms with Crippen molar-refractivity contribution < 1.29 is 14.3 Å². The monoisotopic (exact) mass is 330 g/mol. The Morgan fingerprint density at radius 2 is 2.00 bits per heavy atom. The maximum Gasteiger partial charge on any atom is 0.140 e. The molecule has 1 saturated heterocycles. The first-order chi connectivity index (χ1) is 11.3. The first kappa shape index (κ1) is 16.5. The van der Waals surface area contributed by atoms with Gasteiger partial charge in [-0.3, -0.25) is 4.79 Å². The molecule has 4 rings (SSSR count). The summed E-state index contributed by atoms with van der Waals surface area (Å²) in [6.07, 6.45) is 4.81. The van der Waals surface area contributed by atoms with Crippen molar-refractivity contribution in [3.05, 3.63) is 23.3 Å². The second kappa shape index (κ2) is 5.28. The van der Waals surface area contributed by atoms with Crippen molar-refractivity contribution in [1.82, 2.24) is 0 Å². The molecule has 1 aliphatic heterocycles. The van der Waals surface area contributed by atoms with Gasteiger partial charge in [-0.1, -0.05) is 26.0 Å². The van der Waals surface area contributed by atoms with Gasteiger partial charge >= 0.3 is 0 Å². The van der Waals surface area contributed by atoms with Gasteiger partial charge in [-0.05, 0) is 43.3 Å². The first-order valence-electron chi connectivity index (χ1n) is 9.38. The zero-order chi connectivity index (χ0) is 17.3. The van der Waals surface area contributed by atoms with Crippen LogP contribution in [-0.2, 0) is 14.3 Å². The molecule has 4 aliphatic rings. The highest BCUT2D eigenvalue weighted by atomic mass is 16.5. The van der Waals surface area contributed by atoms with Crippen molar-refractivity contribution in [2.45, 2.75) is 64.6 Å². The van der Waals surface area contributed by atoms with Crippen LogP contribution in [0, 0.1) is 23.2 Å². The number of rotatable bonds is 1. The third kappa shape index (κ3) is 2.00. The molecule has 0 aromatic carbocycles. The lowest BCUT2D eigenvalue weighted by Crippen LogP contribution is -2.59. The highest BCUT2D eigenvalue weighted by Gasteiger charge is 2.58. The molecule has 2 bridgehead atoms. The number of carbonyl (C=O) groups excluding carboxylic acids is 1. The predicted molar refractivity (Wildman–Crippen MR) is 93.7 cm³/mol. The highest BCUT2D eigenvalue weighted by molar-refractivity contribution is 5.85. The average molecular weight is 330 g/mol. The number of fused-ring (bicyclic) bond motifs is 5. The standard InChI is InChI=1S/C21H30O3/c1-12-9-21(23-5)10-15-14(6-7-19-16(15)11-24-19)18(22)8-17(13(12)2)20(21,3)4/h14-16,19H,1,6-11H2,2-5H3. The lowest BCUT2D eigenvalue weighted by molar-refractivity contribution is -0.198. The molecule has 0 spiro atoms. The Labute approximate surface area is 145 Å². The van der Waals surface area contributed by atoms with Crippen LogP contribution in [-0.4, -0.2) is 31.2 Å². The van der Waals surface area contributed by atoms with Crippen LogP contribution in [0.5, 0.6) is 0 Å². The average Bonchev–Trinajstić information content (AvgIpc) is 2.50. The summed E-state index contributed by atoms with van der Waals surface area (Å²) in [6, 6.07) is 0. The third-order valence-corrected chi connectivity index (χ3v) is 7.91. The normalized spacial score (nSPS) is 44.2. The van der Waals surface area contributed by atoms with E-state index in [1.807, 2.05) is 7.11 Å². The molecule has 3 fully saturated rings. The van der Waals surface area contributed by atoms with Crippen molar-refractivity contribution >= 4 is 5.78 Å². The fourth-order valence-corrected chi connectivity index (χ4v) is 6.02. The van der Waals surface area contributed by atoms with E-state index in [0.717, 1.165) is 37.9 Å². The van der Waals surface area contributed by atoms with Gasteiger partial charge in [0.05, 0.1) is 18.3 Å². The molecule has 5 atom stereocenters. The van der Waals surface area contributed by atoms with Gasteiger partial charge in [0, 0.05) is 37.2 Å². The van der Waals surface area contributed by atoms with E-state index in [4.69, 9.17) is 9.47 Å². The van der Waals surface area contributed by atoms with Gasteiger partial charge in [0.15, 0.2) is 0 Å². The molecule has 3 aliphatic carbocycles. The Bertz CT molecular complexity index is 629. The lowest BCUT2D eigenvalue weighted by Gasteiger charge is -2.58. The van der Waals surface area contributed by atoms with Crippen molar-refractivity contribution in [3.63, 3.8) is 0 Å². The quantitative estimate of drug-likeness (QED) is 0.727. The number of ketones is 1. The minimum absolute atomic E-state index is 0.134. The maximum atomic E-state index is 13.2. The summed E-state index contributed by atoms with van der Waals surface area (Å²) in [5.41, 5.74) is 3.26. The first-order valence-corrected chi connectivity index (χ1v) is 9.38. The molecule has 0 aromatic heterocycles. The number of hydrogen-bond donors (Lipinski definition) is 0. The summed E-state index contributed by atoms with van der Waals surface area (Å²) < 4.78 is 12.0. The summed E-state index contributed by atoms with van der Waals surface area (Å²) in [4.78, 5) is 13.2. The van der Waals surface area contributed by atoms with Gasteiger partial charge in [0.2, 0.25) is 0 Å². The van der Waals surface area contributed by atoms with Crippen LogP contribution in [0.4, 0.5) is 0 Å². The maximum absolute atomic E-state index is 13.2. The van der Waals surface area contributed by atoms with E-state index in [9.17, 15) is 4.79 Å². The second-order valence-electron chi connectivity index (χ2n) is 8.94. The molecule has 0 aromatic rings. The molecule has 3 heteroatoms. The van der Waals surface area contributed by atoms with Crippen molar-refractivity contribution in [2.24, 2.45) is 23.2 Å². The molecule has 5 unspecified atom stereocenters. The molecule has 0 radical (unpaired) electrons. The molecular formula is C21H30O3. The predicted octanol–water partition coefficient (Wildman–Crippen LogP) is 4.08. The lowest BCUT2D eigenvalue weighted by atomic mass is 9.52. The zero-order valence-electron chi connectivity index (χ0n) is 15.5. The van der Waals surface area contributed by atoms with E-state index in [1.54, 1.807) is 0 Å². The van der Waals surface area contributed by atoms with Gasteiger partial charge < -0.3 is 9.47 Å². The van der Waals surface area contributed by atoms with Crippen LogP contribution in [0.2, 0.25) is 0 Å². The summed E-state index contributed by atoms with van der Waals surface area (Å²) in [5.74, 6) is 1.57. The Hall–Kier alpha value is -0.930. The molecule has 0 N–H and O–H groups in total. The van der Waals surface area contributed by atoms with Crippen molar-refractivity contribution in [1.29, 1.82) is 0 Å². The van der Waals surface area contributed by atoms with Crippen LogP contribution < -0.4 is 0 Å². The van der Waals surface area contributed by atoms with E-state index in [1.165, 1.54) is 11.1 Å². The van der Waals surface area contributed by atoms with Gasteiger partial charge in [0.1, 0.15) is 5.78 Å². The summed E-state index contributed by atoms with van der Waals surface area (Å²) in [7, 11) is 1.85. The van der Waals surface area contributed by atoms with Crippen molar-refractivity contribution in [3.8, 4) is 0 Å². The largest absolute Gasteiger partial charge is 0.377 e. The number of allylic oxidation sites excluding steroid dienone is 1. The fourth-order valence-electron chi connectivity index (χ4n) is 6.02. The fraction of sp³-hybridized carbons (Fsp3) is 0.762. The van der Waals surface area contributed by atoms with Gasteiger partial charge in [0.25, 0.3) is 0 Å². The molecule has 2 saturated carbocycles. The van der Waals surface area contributed by atoms with Crippen molar-refractivity contribution in [2.75, 3.05) is 13.7 Å². The highest BCUT2D eigenvalue weighted by Crippen LogP contribution is 2.59. The number of ether oxygens (including phenoxy) is 2.